The van der Waals surface area contributed by atoms with E-state index in [1.165, 1.54) is 0 Å². The van der Waals surface area contributed by atoms with Crippen LogP contribution in [0.1, 0.15) is 34.7 Å². The van der Waals surface area contributed by atoms with Gasteiger partial charge < -0.3 is 10.1 Å². The van der Waals surface area contributed by atoms with Crippen LogP contribution in [0.3, 0.4) is 0 Å². The number of benzene rings is 1. The number of aromatic amines is 1. The molecule has 2 N–H and O–H groups in total. The van der Waals surface area contributed by atoms with Gasteiger partial charge in [-0.05, 0) is 25.1 Å². The number of nitrogens with zero attached hydrogens (tertiary/aromatic N) is 3. The lowest BCUT2D eigenvalue weighted by Crippen LogP contribution is -2.28. The van der Waals surface area contributed by atoms with E-state index in [1.54, 1.807) is 7.11 Å². The Bertz CT molecular complexity index is 568. The predicted octanol–water partition coefficient (Wildman–Crippen LogP) is 1.01. The summed E-state index contributed by atoms with van der Waals surface area (Å²) in [5.41, 5.74) is 2.00. The first-order valence-corrected chi connectivity index (χ1v) is 5.80. The van der Waals surface area contributed by atoms with Gasteiger partial charge in [0.15, 0.2) is 0 Å². The lowest BCUT2D eigenvalue weighted by atomic mass is 10.0. The number of methoxy groups -OCH3 is 1. The number of H-pyrrole nitrogens is 1. The maximum absolute atomic E-state index is 11.8. The van der Waals surface area contributed by atoms with Gasteiger partial charge in [0.1, 0.15) is 5.75 Å². The minimum absolute atomic E-state index is 0.0125. The third-order valence-electron chi connectivity index (χ3n) is 2.75. The summed E-state index contributed by atoms with van der Waals surface area (Å²) in [5.74, 6) is 0.356. The summed E-state index contributed by atoms with van der Waals surface area (Å²) in [6.07, 6.45) is 0. The van der Waals surface area contributed by atoms with E-state index < -0.39 is 0 Å². The van der Waals surface area contributed by atoms with Gasteiger partial charge in [0.25, 0.3) is 11.7 Å². The van der Waals surface area contributed by atoms with Crippen LogP contribution in [0.4, 0.5) is 0 Å². The van der Waals surface area contributed by atoms with Crippen molar-refractivity contribution in [1.82, 2.24) is 25.9 Å². The zero-order valence-electron chi connectivity index (χ0n) is 11.0. The molecule has 7 nitrogen and oxygen atoms in total. The van der Waals surface area contributed by atoms with Gasteiger partial charge in [-0.1, -0.05) is 17.7 Å². The van der Waals surface area contributed by atoms with E-state index in [-0.39, 0.29) is 17.8 Å². The fourth-order valence-electron chi connectivity index (χ4n) is 1.79. The predicted molar refractivity (Wildman–Crippen MR) is 67.8 cm³/mol. The minimum Gasteiger partial charge on any atom is -0.496 e. The first-order chi connectivity index (χ1) is 9.11. The van der Waals surface area contributed by atoms with Crippen molar-refractivity contribution >= 4 is 5.91 Å². The van der Waals surface area contributed by atoms with Crippen LogP contribution in [-0.4, -0.2) is 33.6 Å². The maximum atomic E-state index is 11.8. The number of amides is 1. The molecule has 1 heterocycles. The molecule has 0 aliphatic heterocycles. The van der Waals surface area contributed by atoms with Crippen LogP contribution in [0.15, 0.2) is 18.2 Å². The molecule has 1 unspecified atom stereocenters. The number of carbonyl (C=O) groups excluding carboxylic acids is 1. The van der Waals surface area contributed by atoms with E-state index in [0.717, 1.165) is 16.9 Å². The molecule has 0 saturated heterocycles. The summed E-state index contributed by atoms with van der Waals surface area (Å²) in [6.45, 7) is 3.85. The summed E-state index contributed by atoms with van der Waals surface area (Å²) >= 11 is 0. The molecule has 0 bridgehead atoms. The molecular weight excluding hydrogens is 246 g/mol. The third kappa shape index (κ3) is 2.87. The van der Waals surface area contributed by atoms with Gasteiger partial charge >= 0.3 is 0 Å². The number of aromatic nitrogens is 4. The number of tetrazole rings is 1. The van der Waals surface area contributed by atoms with Crippen LogP contribution in [0.25, 0.3) is 0 Å². The van der Waals surface area contributed by atoms with Crippen molar-refractivity contribution in [2.24, 2.45) is 0 Å². The Balaban J connectivity index is 2.18. The Labute approximate surface area is 110 Å². The minimum atomic E-state index is -0.384. The van der Waals surface area contributed by atoms with Gasteiger partial charge in [-0.3, -0.25) is 4.79 Å². The second kappa shape index (κ2) is 5.47. The topological polar surface area (TPSA) is 92.8 Å². The molecule has 0 aliphatic carbocycles. The molecule has 1 aromatic carbocycles. The van der Waals surface area contributed by atoms with Crippen LogP contribution in [0.2, 0.25) is 0 Å². The van der Waals surface area contributed by atoms with Crippen molar-refractivity contribution in [1.29, 1.82) is 0 Å². The molecular formula is C12H15N5O2. The Kier molecular flexibility index (Phi) is 3.74. The second-order valence-corrected chi connectivity index (χ2v) is 4.18. The molecule has 2 aromatic rings. The van der Waals surface area contributed by atoms with E-state index in [1.807, 2.05) is 32.0 Å². The summed E-state index contributed by atoms with van der Waals surface area (Å²) in [5, 5.41) is 15.7. The molecule has 7 heteroatoms. The molecule has 0 spiro atoms. The van der Waals surface area contributed by atoms with Crippen molar-refractivity contribution in [2.45, 2.75) is 19.9 Å². The lowest BCUT2D eigenvalue weighted by molar-refractivity contribution is 0.0929. The average molecular weight is 261 g/mol. The Morgan fingerprint density at radius 2 is 2.26 bits per heavy atom. The monoisotopic (exact) mass is 261 g/mol. The van der Waals surface area contributed by atoms with Crippen molar-refractivity contribution in [3.8, 4) is 5.75 Å². The standard InChI is InChI=1S/C12H15N5O2/c1-7-4-5-10(19-3)9(6-7)8(2)13-12(18)11-14-16-17-15-11/h4-6,8H,1-3H3,(H,13,18)(H,14,15,16,17). The van der Waals surface area contributed by atoms with Crippen LogP contribution in [0, 0.1) is 6.92 Å². The summed E-state index contributed by atoms with van der Waals surface area (Å²) in [6, 6.07) is 5.58. The van der Waals surface area contributed by atoms with E-state index in [4.69, 9.17) is 4.74 Å². The number of carbonyl (C=O) groups is 1. The van der Waals surface area contributed by atoms with Gasteiger partial charge in [0.05, 0.1) is 13.2 Å². The van der Waals surface area contributed by atoms with E-state index >= 15 is 0 Å². The highest BCUT2D eigenvalue weighted by molar-refractivity contribution is 5.90. The Morgan fingerprint density at radius 3 is 2.89 bits per heavy atom. The highest BCUT2D eigenvalue weighted by Gasteiger charge is 2.17. The highest BCUT2D eigenvalue weighted by Crippen LogP contribution is 2.26. The normalized spacial score (nSPS) is 11.9. The number of rotatable bonds is 4. The molecule has 0 saturated carbocycles. The van der Waals surface area contributed by atoms with E-state index in [0.29, 0.717) is 0 Å². The van der Waals surface area contributed by atoms with E-state index in [2.05, 4.69) is 25.9 Å². The average Bonchev–Trinajstić information content (AvgIpc) is 2.92. The fourth-order valence-corrected chi connectivity index (χ4v) is 1.79. The van der Waals surface area contributed by atoms with Crippen molar-refractivity contribution in [3.63, 3.8) is 0 Å². The Morgan fingerprint density at radius 1 is 1.47 bits per heavy atom. The SMILES string of the molecule is COc1ccc(C)cc1C(C)NC(=O)c1nn[nH]n1. The third-order valence-corrected chi connectivity index (χ3v) is 2.75. The molecule has 2 rings (SSSR count). The molecule has 1 aromatic heterocycles. The molecule has 19 heavy (non-hydrogen) atoms. The number of ether oxygens (including phenoxy) is 1. The van der Waals surface area contributed by atoms with Gasteiger partial charge in [-0.25, -0.2) is 0 Å². The quantitative estimate of drug-likeness (QED) is 0.856. The van der Waals surface area contributed by atoms with Crippen molar-refractivity contribution in [3.05, 3.63) is 35.2 Å². The summed E-state index contributed by atoms with van der Waals surface area (Å²) in [7, 11) is 1.60. The summed E-state index contributed by atoms with van der Waals surface area (Å²) in [4.78, 5) is 11.8. The van der Waals surface area contributed by atoms with Crippen molar-refractivity contribution < 1.29 is 9.53 Å². The van der Waals surface area contributed by atoms with Gasteiger partial charge in [0.2, 0.25) is 0 Å². The van der Waals surface area contributed by atoms with Gasteiger partial charge in [0, 0.05) is 5.56 Å². The summed E-state index contributed by atoms with van der Waals surface area (Å²) < 4.78 is 5.29. The number of aryl methyl sites for hydroxylation is 1. The van der Waals surface area contributed by atoms with Crippen LogP contribution in [-0.2, 0) is 0 Å². The number of nitrogens with one attached hydrogen (secondary N) is 2. The van der Waals surface area contributed by atoms with Gasteiger partial charge in [-0.15, -0.1) is 10.2 Å². The molecule has 1 atom stereocenters. The molecule has 100 valence electrons. The fraction of sp³-hybridized carbons (Fsp3) is 0.333. The molecule has 0 aliphatic rings. The van der Waals surface area contributed by atoms with Crippen LogP contribution >= 0.6 is 0 Å². The number of hydrogen-bond donors (Lipinski definition) is 2. The second-order valence-electron chi connectivity index (χ2n) is 4.18. The number of hydrogen-bond acceptors (Lipinski definition) is 5. The molecule has 0 radical (unpaired) electrons. The highest BCUT2D eigenvalue weighted by atomic mass is 16.5. The zero-order chi connectivity index (χ0) is 13.8. The van der Waals surface area contributed by atoms with Crippen LogP contribution < -0.4 is 10.1 Å². The van der Waals surface area contributed by atoms with Crippen molar-refractivity contribution in [2.75, 3.05) is 7.11 Å². The molecule has 1 amide bonds. The zero-order valence-corrected chi connectivity index (χ0v) is 11.0. The molecule has 0 fully saturated rings. The largest absolute Gasteiger partial charge is 0.496 e. The Hall–Kier alpha value is -2.44. The van der Waals surface area contributed by atoms with Crippen LogP contribution in [0.5, 0.6) is 5.75 Å². The lowest BCUT2D eigenvalue weighted by Gasteiger charge is -2.17. The first kappa shape index (κ1) is 13.0. The first-order valence-electron chi connectivity index (χ1n) is 5.80. The maximum Gasteiger partial charge on any atom is 0.293 e. The smallest absolute Gasteiger partial charge is 0.293 e. The van der Waals surface area contributed by atoms with E-state index in [9.17, 15) is 4.79 Å². The van der Waals surface area contributed by atoms with Gasteiger partial charge in [-0.2, -0.15) is 5.21 Å².